The Morgan fingerprint density at radius 3 is 1.47 bits per heavy atom. The van der Waals surface area contributed by atoms with Gasteiger partial charge in [-0.05, 0) is 86.0 Å². The van der Waals surface area contributed by atoms with Crippen molar-refractivity contribution in [3.8, 4) is 0 Å². The fourth-order valence-electron chi connectivity index (χ4n) is 5.54. The molecule has 0 unspecified atom stereocenters. The molecule has 38 heavy (non-hydrogen) atoms. The lowest BCUT2D eigenvalue weighted by atomic mass is 9.86. The van der Waals surface area contributed by atoms with E-state index in [0.717, 1.165) is 61.3 Å². The average molecular weight is 589 g/mol. The normalized spacial score (nSPS) is 19.9. The van der Waals surface area contributed by atoms with Gasteiger partial charge in [-0.2, -0.15) is 0 Å². The number of hydrogen-bond acceptors (Lipinski definition) is 5. The van der Waals surface area contributed by atoms with Crippen LogP contribution in [-0.2, 0) is 35.5 Å². The summed E-state index contributed by atoms with van der Waals surface area (Å²) < 4.78 is 0. The molecule has 4 rings (SSSR count). The molecular weight excluding hydrogens is 549 g/mol. The molecule has 0 spiro atoms. The Morgan fingerprint density at radius 2 is 1.13 bits per heavy atom. The number of rotatable bonds is 12. The van der Waals surface area contributed by atoms with Crippen LogP contribution in [0.25, 0.3) is 0 Å². The van der Waals surface area contributed by atoms with Crippen LogP contribution in [0.4, 0.5) is 0 Å². The molecule has 10 heteroatoms. The molecule has 0 saturated carbocycles. The minimum Gasteiger partial charge on any atom is -0.481 e. The van der Waals surface area contributed by atoms with Crippen molar-refractivity contribution in [1.82, 2.24) is 16.0 Å². The number of carbonyl (C=O) groups is 2. The predicted octanol–water partition coefficient (Wildman–Crippen LogP) is 3.95. The van der Waals surface area contributed by atoms with Gasteiger partial charge in [0.05, 0.1) is 11.8 Å². The first kappa shape index (κ1) is 34.2. The average Bonchev–Trinajstić information content (AvgIpc) is 3.56. The maximum atomic E-state index is 11.8. The molecule has 2 fully saturated rings. The van der Waals surface area contributed by atoms with Crippen LogP contribution in [0.15, 0.2) is 48.5 Å². The smallest absolute Gasteiger partial charge is 0.307 e. The van der Waals surface area contributed by atoms with E-state index in [1.54, 1.807) is 0 Å². The molecule has 0 amide bonds. The molecule has 7 nitrogen and oxygen atoms in total. The molecular formula is C28H40Cl3N3O4. The molecule has 0 bridgehead atoms. The lowest BCUT2D eigenvalue weighted by molar-refractivity contribution is -0.144. The lowest BCUT2D eigenvalue weighted by Crippen LogP contribution is -2.27. The maximum absolute atomic E-state index is 11.8. The molecule has 2 heterocycles. The van der Waals surface area contributed by atoms with Crippen molar-refractivity contribution in [1.29, 1.82) is 0 Å². The second kappa shape index (κ2) is 17.0. The highest BCUT2D eigenvalue weighted by molar-refractivity contribution is 5.86. The van der Waals surface area contributed by atoms with Gasteiger partial charge < -0.3 is 26.2 Å². The Morgan fingerprint density at radius 1 is 0.737 bits per heavy atom. The first-order chi connectivity index (χ1) is 17.0. The van der Waals surface area contributed by atoms with Crippen LogP contribution in [0.1, 0.15) is 35.1 Å². The molecule has 0 aromatic heterocycles. The highest BCUT2D eigenvalue weighted by Crippen LogP contribution is 2.25. The first-order valence-corrected chi connectivity index (χ1v) is 12.7. The van der Waals surface area contributed by atoms with Gasteiger partial charge in [0, 0.05) is 13.1 Å². The van der Waals surface area contributed by atoms with Gasteiger partial charge in [0.2, 0.25) is 0 Å². The van der Waals surface area contributed by atoms with Crippen molar-refractivity contribution in [3.63, 3.8) is 0 Å². The Labute approximate surface area is 243 Å². The molecule has 2 aliphatic rings. The van der Waals surface area contributed by atoms with Crippen LogP contribution in [0.5, 0.6) is 0 Å². The van der Waals surface area contributed by atoms with Gasteiger partial charge in [-0.15, -0.1) is 37.2 Å². The van der Waals surface area contributed by atoms with Gasteiger partial charge in [0.15, 0.2) is 0 Å². The van der Waals surface area contributed by atoms with E-state index in [0.29, 0.717) is 25.9 Å². The molecule has 2 saturated heterocycles. The zero-order valence-corrected chi connectivity index (χ0v) is 23.9. The molecule has 0 aliphatic carbocycles. The third-order valence-electron chi connectivity index (χ3n) is 7.52. The van der Waals surface area contributed by atoms with Crippen molar-refractivity contribution in [2.24, 2.45) is 23.7 Å². The van der Waals surface area contributed by atoms with Crippen molar-refractivity contribution >= 4 is 49.2 Å². The zero-order chi connectivity index (χ0) is 24.6. The van der Waals surface area contributed by atoms with E-state index in [4.69, 9.17) is 0 Å². The van der Waals surface area contributed by atoms with Crippen molar-refractivity contribution < 1.29 is 19.8 Å². The summed E-state index contributed by atoms with van der Waals surface area (Å²) in [6, 6.07) is 16.4. The second-order valence-electron chi connectivity index (χ2n) is 10.0. The van der Waals surface area contributed by atoms with Gasteiger partial charge in [-0.25, -0.2) is 0 Å². The van der Waals surface area contributed by atoms with Gasteiger partial charge >= 0.3 is 11.9 Å². The summed E-state index contributed by atoms with van der Waals surface area (Å²) in [5, 5.41) is 29.5. The molecule has 4 atom stereocenters. The summed E-state index contributed by atoms with van der Waals surface area (Å²) in [6.45, 7) is 4.73. The number of nitrogens with one attached hydrogen (secondary N) is 3. The molecule has 2 aromatic carbocycles. The first-order valence-electron chi connectivity index (χ1n) is 12.7. The Kier molecular flexibility index (Phi) is 15.2. The Bertz CT molecular complexity index is 935. The van der Waals surface area contributed by atoms with Gasteiger partial charge in [0.25, 0.3) is 0 Å². The largest absolute Gasteiger partial charge is 0.481 e. The number of carboxylic acid groups (broad SMARTS) is 2. The predicted molar refractivity (Wildman–Crippen MR) is 157 cm³/mol. The van der Waals surface area contributed by atoms with Crippen molar-refractivity contribution in [3.05, 3.63) is 70.8 Å². The van der Waals surface area contributed by atoms with E-state index < -0.39 is 11.9 Å². The monoisotopic (exact) mass is 587 g/mol. The quantitative estimate of drug-likeness (QED) is 0.255. The molecule has 2 aromatic rings. The summed E-state index contributed by atoms with van der Waals surface area (Å²) in [6.07, 6.45) is 2.95. The van der Waals surface area contributed by atoms with Gasteiger partial charge in [-0.1, -0.05) is 48.5 Å². The minimum absolute atomic E-state index is 0. The van der Waals surface area contributed by atoms with Crippen LogP contribution in [0.3, 0.4) is 0 Å². The van der Waals surface area contributed by atoms with Crippen LogP contribution in [0, 0.1) is 23.7 Å². The fourth-order valence-corrected chi connectivity index (χ4v) is 5.54. The third kappa shape index (κ3) is 9.70. The van der Waals surface area contributed by atoms with Crippen LogP contribution < -0.4 is 16.0 Å². The fraction of sp³-hybridized carbons (Fsp3) is 0.500. The minimum atomic E-state index is -0.712. The van der Waals surface area contributed by atoms with Crippen LogP contribution >= 0.6 is 37.2 Å². The highest BCUT2D eigenvalue weighted by atomic mass is 35.5. The number of carboxylic acids is 2. The second-order valence-corrected chi connectivity index (χ2v) is 10.0. The summed E-state index contributed by atoms with van der Waals surface area (Å²) in [4.78, 5) is 23.7. The van der Waals surface area contributed by atoms with Gasteiger partial charge in [0.1, 0.15) is 0 Å². The van der Waals surface area contributed by atoms with Gasteiger partial charge in [-0.3, -0.25) is 9.59 Å². The highest BCUT2D eigenvalue weighted by Gasteiger charge is 2.31. The standard InChI is InChI=1S/C28H37N3O4.3ClH/c32-27(33)25(23-7-9-29-17-23)13-19-3-1-5-21(11-19)15-31-16-22-6-2-4-20(12-22)14-26(28(34)35)24-8-10-30-18-24;;;/h1-6,11-12,23-26,29-31H,7-10,13-18H2,(H,32,33)(H,34,35);3*1H/t23-,24-,25-,26-;;;/m0.../s1. The van der Waals surface area contributed by atoms with Crippen molar-refractivity contribution in [2.75, 3.05) is 26.2 Å². The summed E-state index contributed by atoms with van der Waals surface area (Å²) >= 11 is 0. The van der Waals surface area contributed by atoms with E-state index >= 15 is 0 Å². The number of halogens is 3. The van der Waals surface area contributed by atoms with E-state index in [9.17, 15) is 19.8 Å². The number of benzene rings is 2. The van der Waals surface area contributed by atoms with E-state index in [-0.39, 0.29) is 60.9 Å². The Hall–Kier alpha value is -1.87. The van der Waals surface area contributed by atoms with Crippen LogP contribution in [-0.4, -0.2) is 48.3 Å². The topological polar surface area (TPSA) is 111 Å². The summed E-state index contributed by atoms with van der Waals surface area (Å²) in [5.74, 6) is -1.76. The third-order valence-corrected chi connectivity index (χ3v) is 7.52. The lowest BCUT2D eigenvalue weighted by Gasteiger charge is -2.19. The van der Waals surface area contributed by atoms with Crippen LogP contribution in [0.2, 0.25) is 0 Å². The maximum Gasteiger partial charge on any atom is 0.307 e. The molecule has 0 radical (unpaired) electrons. The van der Waals surface area contributed by atoms with E-state index in [1.807, 2.05) is 24.3 Å². The van der Waals surface area contributed by atoms with Crippen molar-refractivity contribution in [2.45, 2.75) is 38.8 Å². The summed E-state index contributed by atoms with van der Waals surface area (Å²) in [5.41, 5.74) is 4.39. The van der Waals surface area contributed by atoms with E-state index in [2.05, 4.69) is 40.2 Å². The number of aliphatic carboxylic acids is 2. The summed E-state index contributed by atoms with van der Waals surface area (Å²) in [7, 11) is 0. The zero-order valence-electron chi connectivity index (χ0n) is 21.4. The molecule has 212 valence electrons. The molecule has 2 aliphatic heterocycles. The molecule has 5 N–H and O–H groups in total. The Balaban J connectivity index is 0.00000241. The SMILES string of the molecule is Cl.Cl.Cl.O=C(O)[C@@H](Cc1cccc(CNCc2cccc(C[C@H](C(=O)O)[C@H]3CCNC3)c2)c1)[C@H]1CCNC1. The number of hydrogen-bond donors (Lipinski definition) is 5. The van der Waals surface area contributed by atoms with E-state index in [1.165, 1.54) is 0 Å².